The number of thiazole rings is 1. The second-order valence-corrected chi connectivity index (χ2v) is 4.69. The third-order valence-electron chi connectivity index (χ3n) is 2.09. The topological polar surface area (TPSA) is 45.1 Å². The molecule has 0 radical (unpaired) electrons. The van der Waals surface area contributed by atoms with Crippen LogP contribution >= 0.6 is 11.3 Å². The molecule has 0 aliphatic carbocycles. The third kappa shape index (κ3) is 4.17. The van der Waals surface area contributed by atoms with E-state index in [1.807, 2.05) is 20.0 Å². The second kappa shape index (κ2) is 6.11. The molecule has 1 atom stereocenters. The highest BCUT2D eigenvalue weighted by Gasteiger charge is 2.00. The van der Waals surface area contributed by atoms with Crippen LogP contribution in [0.3, 0.4) is 0 Å². The fourth-order valence-electron chi connectivity index (χ4n) is 1.17. The van der Waals surface area contributed by atoms with Crippen molar-refractivity contribution in [2.45, 2.75) is 39.3 Å². The van der Waals surface area contributed by atoms with Gasteiger partial charge in [0.25, 0.3) is 0 Å². The van der Waals surface area contributed by atoms with Crippen molar-refractivity contribution in [3.05, 3.63) is 16.1 Å². The van der Waals surface area contributed by atoms with Crippen LogP contribution in [0, 0.1) is 6.92 Å². The van der Waals surface area contributed by atoms with Gasteiger partial charge in [-0.2, -0.15) is 0 Å². The molecule has 0 aromatic carbocycles. The molecule has 1 heterocycles. The Kier molecular flexibility index (Phi) is 5.07. The molecule has 3 nitrogen and oxygen atoms in total. The quantitative estimate of drug-likeness (QED) is 0.709. The first kappa shape index (κ1) is 11.6. The number of rotatable bonds is 6. The molecule has 0 saturated heterocycles. The predicted octanol–water partition coefficient (Wildman–Crippen LogP) is 1.70. The Balaban J connectivity index is 2.10. The number of aliphatic hydroxyl groups excluding tert-OH is 1. The Bertz CT molecular complexity index is 262. The van der Waals surface area contributed by atoms with Crippen LogP contribution in [-0.4, -0.2) is 22.7 Å². The third-order valence-corrected chi connectivity index (χ3v) is 3.01. The lowest BCUT2D eigenvalue weighted by molar-refractivity contribution is 0.160. The number of nitrogens with one attached hydrogen (secondary N) is 1. The van der Waals surface area contributed by atoms with Gasteiger partial charge in [-0.3, -0.25) is 0 Å². The summed E-state index contributed by atoms with van der Waals surface area (Å²) in [6.07, 6.45) is 3.41. The molecule has 0 amide bonds. The summed E-state index contributed by atoms with van der Waals surface area (Å²) in [4.78, 5) is 5.43. The molecule has 1 aromatic heterocycles. The summed E-state index contributed by atoms with van der Waals surface area (Å²) in [5, 5.41) is 13.7. The van der Waals surface area contributed by atoms with Crippen molar-refractivity contribution in [2.24, 2.45) is 0 Å². The highest BCUT2D eigenvalue weighted by Crippen LogP contribution is 2.10. The van der Waals surface area contributed by atoms with Gasteiger partial charge in [0, 0.05) is 17.6 Å². The fraction of sp³-hybridized carbons (Fsp3) is 0.700. The van der Waals surface area contributed by atoms with Crippen molar-refractivity contribution in [2.75, 3.05) is 6.54 Å². The molecule has 4 heteroatoms. The summed E-state index contributed by atoms with van der Waals surface area (Å²) in [5.41, 5.74) is 0. The molecule has 80 valence electrons. The van der Waals surface area contributed by atoms with Crippen LogP contribution in [0.5, 0.6) is 0 Å². The monoisotopic (exact) mass is 214 g/mol. The van der Waals surface area contributed by atoms with E-state index in [0.717, 1.165) is 30.9 Å². The Morgan fingerprint density at radius 3 is 3.00 bits per heavy atom. The largest absolute Gasteiger partial charge is 0.393 e. The Hall–Kier alpha value is -0.450. The van der Waals surface area contributed by atoms with Crippen LogP contribution in [-0.2, 0) is 6.54 Å². The smallest absolute Gasteiger partial charge is 0.0897 e. The van der Waals surface area contributed by atoms with Crippen molar-refractivity contribution >= 4 is 11.3 Å². The summed E-state index contributed by atoms with van der Waals surface area (Å²) >= 11 is 1.72. The van der Waals surface area contributed by atoms with Gasteiger partial charge in [0.1, 0.15) is 0 Å². The number of aliphatic hydroxyl groups is 1. The zero-order chi connectivity index (χ0) is 10.4. The van der Waals surface area contributed by atoms with Gasteiger partial charge in [-0.1, -0.05) is 6.92 Å². The summed E-state index contributed by atoms with van der Waals surface area (Å²) in [7, 11) is 0. The van der Waals surface area contributed by atoms with Crippen molar-refractivity contribution < 1.29 is 5.11 Å². The fourth-order valence-corrected chi connectivity index (χ4v) is 1.94. The average molecular weight is 214 g/mol. The van der Waals surface area contributed by atoms with Crippen LogP contribution < -0.4 is 5.32 Å². The zero-order valence-corrected chi connectivity index (χ0v) is 9.60. The Labute approximate surface area is 89.2 Å². The first-order chi connectivity index (χ1) is 6.72. The van der Waals surface area contributed by atoms with Gasteiger partial charge in [-0.05, 0) is 26.3 Å². The summed E-state index contributed by atoms with van der Waals surface area (Å²) in [6.45, 7) is 5.74. The van der Waals surface area contributed by atoms with Gasteiger partial charge < -0.3 is 10.4 Å². The normalized spacial score (nSPS) is 13.1. The van der Waals surface area contributed by atoms with E-state index in [1.165, 1.54) is 4.88 Å². The lowest BCUT2D eigenvalue weighted by atomic mass is 10.2. The van der Waals surface area contributed by atoms with Crippen LogP contribution in [0.2, 0.25) is 0 Å². The lowest BCUT2D eigenvalue weighted by Gasteiger charge is -2.07. The van der Waals surface area contributed by atoms with Gasteiger partial charge in [-0.15, -0.1) is 11.3 Å². The molecule has 0 spiro atoms. The number of aryl methyl sites for hydroxylation is 1. The summed E-state index contributed by atoms with van der Waals surface area (Å²) in [5.74, 6) is 0. The van der Waals surface area contributed by atoms with Gasteiger partial charge in [0.05, 0.1) is 11.1 Å². The molecule has 1 unspecified atom stereocenters. The molecule has 0 saturated carbocycles. The average Bonchev–Trinajstić information content (AvgIpc) is 2.58. The van der Waals surface area contributed by atoms with E-state index in [9.17, 15) is 5.11 Å². The highest BCUT2D eigenvalue weighted by molar-refractivity contribution is 7.11. The number of aromatic nitrogens is 1. The molecule has 0 aliphatic heterocycles. The minimum absolute atomic E-state index is 0.161. The highest BCUT2D eigenvalue weighted by atomic mass is 32.1. The van der Waals surface area contributed by atoms with Crippen LogP contribution in [0.15, 0.2) is 6.20 Å². The van der Waals surface area contributed by atoms with Gasteiger partial charge >= 0.3 is 0 Å². The molecular formula is C10H18N2OS. The second-order valence-electron chi connectivity index (χ2n) is 3.37. The molecule has 0 bridgehead atoms. The van der Waals surface area contributed by atoms with Gasteiger partial charge in [0.2, 0.25) is 0 Å². The standard InChI is InChI=1S/C10H18N2OS/c1-3-9(13)4-5-11-6-10-7-12-8(2)14-10/h7,9,11,13H,3-6H2,1-2H3. The minimum atomic E-state index is -0.161. The molecule has 14 heavy (non-hydrogen) atoms. The van der Waals surface area contributed by atoms with Crippen molar-refractivity contribution in [1.29, 1.82) is 0 Å². The minimum Gasteiger partial charge on any atom is -0.393 e. The van der Waals surface area contributed by atoms with Crippen LogP contribution in [0.4, 0.5) is 0 Å². The number of hydrogen-bond acceptors (Lipinski definition) is 4. The molecule has 2 N–H and O–H groups in total. The summed E-state index contributed by atoms with van der Waals surface area (Å²) < 4.78 is 0. The van der Waals surface area contributed by atoms with Gasteiger partial charge in [-0.25, -0.2) is 4.98 Å². The molecular weight excluding hydrogens is 196 g/mol. The van der Waals surface area contributed by atoms with Gasteiger partial charge in [0.15, 0.2) is 0 Å². The maximum atomic E-state index is 9.31. The Morgan fingerprint density at radius 1 is 1.64 bits per heavy atom. The van der Waals surface area contributed by atoms with Crippen molar-refractivity contribution in [3.63, 3.8) is 0 Å². The first-order valence-electron chi connectivity index (χ1n) is 5.02. The van der Waals surface area contributed by atoms with E-state index in [2.05, 4.69) is 10.3 Å². The molecule has 0 aliphatic rings. The molecule has 0 fully saturated rings. The van der Waals surface area contributed by atoms with Crippen molar-refractivity contribution in [3.8, 4) is 0 Å². The van der Waals surface area contributed by atoms with E-state index in [-0.39, 0.29) is 6.10 Å². The maximum Gasteiger partial charge on any atom is 0.0897 e. The number of hydrogen-bond donors (Lipinski definition) is 2. The summed E-state index contributed by atoms with van der Waals surface area (Å²) in [6, 6.07) is 0. The molecule has 1 rings (SSSR count). The zero-order valence-electron chi connectivity index (χ0n) is 8.79. The van der Waals surface area contributed by atoms with Crippen LogP contribution in [0.1, 0.15) is 29.7 Å². The van der Waals surface area contributed by atoms with E-state index in [1.54, 1.807) is 11.3 Å². The van der Waals surface area contributed by atoms with E-state index >= 15 is 0 Å². The SMILES string of the molecule is CCC(O)CCNCc1cnc(C)s1. The van der Waals surface area contributed by atoms with E-state index in [0.29, 0.717) is 0 Å². The number of nitrogens with zero attached hydrogens (tertiary/aromatic N) is 1. The lowest BCUT2D eigenvalue weighted by Crippen LogP contribution is -2.19. The predicted molar refractivity (Wildman–Crippen MR) is 59.5 cm³/mol. The van der Waals surface area contributed by atoms with E-state index in [4.69, 9.17) is 0 Å². The maximum absolute atomic E-state index is 9.31. The van der Waals surface area contributed by atoms with Crippen molar-refractivity contribution in [1.82, 2.24) is 10.3 Å². The van der Waals surface area contributed by atoms with E-state index < -0.39 is 0 Å². The molecule has 1 aromatic rings. The Morgan fingerprint density at radius 2 is 2.43 bits per heavy atom. The first-order valence-corrected chi connectivity index (χ1v) is 5.84. The van der Waals surface area contributed by atoms with Crippen LogP contribution in [0.25, 0.3) is 0 Å².